The molecule has 2 aromatic rings. The lowest BCUT2D eigenvalue weighted by atomic mass is 9.98. The smallest absolute Gasteiger partial charge is 0.273 e. The van der Waals surface area contributed by atoms with Gasteiger partial charge >= 0.3 is 0 Å². The number of amides is 1. The fourth-order valence-electron chi connectivity index (χ4n) is 3.11. The van der Waals surface area contributed by atoms with E-state index in [0.29, 0.717) is 17.5 Å². The SMILES string of the molecule is CC(C)Cc1noc(C2CCCN(c3ccc(C(=O)N(C)C)nn3)C2)n1. The zero-order valence-electron chi connectivity index (χ0n) is 15.8. The first-order chi connectivity index (χ1) is 12.4. The Balaban J connectivity index is 1.68. The summed E-state index contributed by atoms with van der Waals surface area (Å²) in [6.45, 7) is 5.95. The Hall–Kier alpha value is -2.51. The summed E-state index contributed by atoms with van der Waals surface area (Å²) in [4.78, 5) is 20.2. The van der Waals surface area contributed by atoms with Crippen LogP contribution >= 0.6 is 0 Å². The summed E-state index contributed by atoms with van der Waals surface area (Å²) < 4.78 is 5.49. The molecule has 3 rings (SSSR count). The second-order valence-electron chi connectivity index (χ2n) is 7.41. The van der Waals surface area contributed by atoms with Gasteiger partial charge in [-0.3, -0.25) is 4.79 Å². The van der Waals surface area contributed by atoms with Crippen molar-refractivity contribution in [2.45, 2.75) is 39.0 Å². The molecule has 0 radical (unpaired) electrons. The molecule has 1 fully saturated rings. The average Bonchev–Trinajstić information content (AvgIpc) is 3.09. The van der Waals surface area contributed by atoms with E-state index in [9.17, 15) is 4.79 Å². The molecule has 0 N–H and O–H groups in total. The van der Waals surface area contributed by atoms with Crippen molar-refractivity contribution in [3.63, 3.8) is 0 Å². The summed E-state index contributed by atoms with van der Waals surface area (Å²) in [6, 6.07) is 3.58. The highest BCUT2D eigenvalue weighted by Crippen LogP contribution is 2.28. The summed E-state index contributed by atoms with van der Waals surface area (Å²) in [5.74, 6) is 2.80. The van der Waals surface area contributed by atoms with E-state index >= 15 is 0 Å². The largest absolute Gasteiger partial charge is 0.354 e. The van der Waals surface area contributed by atoms with Gasteiger partial charge in [-0.2, -0.15) is 4.98 Å². The van der Waals surface area contributed by atoms with E-state index in [1.54, 1.807) is 20.2 Å². The molecule has 8 heteroatoms. The third kappa shape index (κ3) is 4.17. The molecule has 0 spiro atoms. The molecule has 0 aromatic carbocycles. The Kier molecular flexibility index (Phi) is 5.49. The quantitative estimate of drug-likeness (QED) is 0.809. The van der Waals surface area contributed by atoms with Crippen LogP contribution in [0.25, 0.3) is 0 Å². The molecule has 2 aromatic heterocycles. The van der Waals surface area contributed by atoms with Crippen LogP contribution in [0, 0.1) is 5.92 Å². The minimum Gasteiger partial charge on any atom is -0.354 e. The van der Waals surface area contributed by atoms with Crippen LogP contribution in [0.2, 0.25) is 0 Å². The van der Waals surface area contributed by atoms with Crippen LogP contribution < -0.4 is 4.90 Å². The van der Waals surface area contributed by atoms with Gasteiger partial charge in [0.1, 0.15) is 0 Å². The fraction of sp³-hybridized carbons (Fsp3) is 0.611. The van der Waals surface area contributed by atoms with Crippen LogP contribution in [0.5, 0.6) is 0 Å². The highest BCUT2D eigenvalue weighted by atomic mass is 16.5. The van der Waals surface area contributed by atoms with Gasteiger partial charge in [0.05, 0.1) is 5.92 Å². The standard InChI is InChI=1S/C18H26N6O2/c1-12(2)10-15-19-17(26-22-15)13-6-5-9-24(11-13)16-8-7-14(20-21-16)18(25)23(3)4/h7-8,12-13H,5-6,9-11H2,1-4H3. The van der Waals surface area contributed by atoms with Crippen molar-refractivity contribution in [1.82, 2.24) is 25.2 Å². The first-order valence-electron chi connectivity index (χ1n) is 9.07. The Morgan fingerprint density at radius 3 is 2.81 bits per heavy atom. The first-order valence-corrected chi connectivity index (χ1v) is 9.07. The number of rotatable bonds is 5. The van der Waals surface area contributed by atoms with Gasteiger partial charge in [-0.05, 0) is 30.9 Å². The van der Waals surface area contributed by atoms with E-state index in [4.69, 9.17) is 4.52 Å². The van der Waals surface area contributed by atoms with Gasteiger partial charge in [-0.1, -0.05) is 19.0 Å². The number of anilines is 1. The van der Waals surface area contributed by atoms with Crippen molar-refractivity contribution in [3.05, 3.63) is 29.5 Å². The Bertz CT molecular complexity index is 740. The van der Waals surface area contributed by atoms with Crippen molar-refractivity contribution in [3.8, 4) is 0 Å². The summed E-state index contributed by atoms with van der Waals surface area (Å²) >= 11 is 0. The molecule has 1 amide bonds. The highest BCUT2D eigenvalue weighted by molar-refractivity contribution is 5.91. The normalized spacial score (nSPS) is 17.6. The fourth-order valence-corrected chi connectivity index (χ4v) is 3.11. The lowest BCUT2D eigenvalue weighted by Gasteiger charge is -2.31. The van der Waals surface area contributed by atoms with Crippen LogP contribution in [0.4, 0.5) is 5.82 Å². The van der Waals surface area contributed by atoms with E-state index < -0.39 is 0 Å². The predicted molar refractivity (Wildman–Crippen MR) is 97.1 cm³/mol. The second-order valence-corrected chi connectivity index (χ2v) is 7.41. The lowest BCUT2D eigenvalue weighted by Crippen LogP contribution is -2.35. The molecule has 3 heterocycles. The minimum absolute atomic E-state index is 0.149. The number of piperidine rings is 1. The summed E-state index contributed by atoms with van der Waals surface area (Å²) in [5.41, 5.74) is 0.350. The molecule has 0 bridgehead atoms. The van der Waals surface area contributed by atoms with Crippen LogP contribution in [0.3, 0.4) is 0 Å². The molecule has 1 aliphatic rings. The Morgan fingerprint density at radius 2 is 2.15 bits per heavy atom. The van der Waals surface area contributed by atoms with Crippen molar-refractivity contribution >= 4 is 11.7 Å². The predicted octanol–water partition coefficient (Wildman–Crippen LogP) is 2.14. The maximum atomic E-state index is 11.9. The van der Waals surface area contributed by atoms with Crippen LogP contribution in [0.1, 0.15) is 54.8 Å². The molecule has 1 saturated heterocycles. The van der Waals surface area contributed by atoms with E-state index in [-0.39, 0.29) is 11.8 Å². The zero-order chi connectivity index (χ0) is 18.7. The maximum absolute atomic E-state index is 11.9. The van der Waals surface area contributed by atoms with Crippen molar-refractivity contribution in [2.24, 2.45) is 5.92 Å². The number of hydrogen-bond acceptors (Lipinski definition) is 7. The Morgan fingerprint density at radius 1 is 1.35 bits per heavy atom. The lowest BCUT2D eigenvalue weighted by molar-refractivity contribution is 0.0821. The van der Waals surface area contributed by atoms with Gasteiger partial charge in [0.25, 0.3) is 5.91 Å². The number of nitrogens with zero attached hydrogens (tertiary/aromatic N) is 6. The molecule has 140 valence electrons. The summed E-state index contributed by atoms with van der Waals surface area (Å²) in [7, 11) is 3.40. The van der Waals surface area contributed by atoms with Crippen molar-refractivity contribution in [1.29, 1.82) is 0 Å². The molecule has 26 heavy (non-hydrogen) atoms. The first kappa shape index (κ1) is 18.3. The van der Waals surface area contributed by atoms with Crippen LogP contribution in [-0.4, -0.2) is 58.3 Å². The van der Waals surface area contributed by atoms with E-state index in [1.165, 1.54) is 4.90 Å². The minimum atomic E-state index is -0.149. The molecule has 1 aliphatic heterocycles. The van der Waals surface area contributed by atoms with Gasteiger partial charge in [0.2, 0.25) is 5.89 Å². The highest BCUT2D eigenvalue weighted by Gasteiger charge is 2.27. The molecular formula is C18H26N6O2. The topological polar surface area (TPSA) is 88.3 Å². The second kappa shape index (κ2) is 7.80. The molecule has 8 nitrogen and oxygen atoms in total. The third-order valence-electron chi connectivity index (χ3n) is 4.45. The number of carbonyl (C=O) groups excluding carboxylic acids is 1. The van der Waals surface area contributed by atoms with E-state index in [1.807, 2.05) is 6.07 Å². The summed E-state index contributed by atoms with van der Waals surface area (Å²) in [5, 5.41) is 12.4. The van der Waals surface area contributed by atoms with Crippen molar-refractivity contribution < 1.29 is 9.32 Å². The van der Waals surface area contributed by atoms with Gasteiger partial charge in [-0.25, -0.2) is 0 Å². The van der Waals surface area contributed by atoms with Crippen LogP contribution in [-0.2, 0) is 6.42 Å². The van der Waals surface area contributed by atoms with Crippen LogP contribution in [0.15, 0.2) is 16.7 Å². The number of hydrogen-bond donors (Lipinski definition) is 0. The average molecular weight is 358 g/mol. The number of aromatic nitrogens is 4. The summed E-state index contributed by atoms with van der Waals surface area (Å²) in [6.07, 6.45) is 2.86. The Labute approximate surface area is 153 Å². The van der Waals surface area contributed by atoms with Gasteiger partial charge in [0.15, 0.2) is 17.3 Å². The number of carbonyl (C=O) groups is 1. The molecular weight excluding hydrogens is 332 g/mol. The monoisotopic (exact) mass is 358 g/mol. The van der Waals surface area contributed by atoms with Gasteiger partial charge < -0.3 is 14.3 Å². The molecule has 0 aliphatic carbocycles. The van der Waals surface area contributed by atoms with Crippen molar-refractivity contribution in [2.75, 3.05) is 32.1 Å². The molecule has 1 unspecified atom stereocenters. The molecule has 0 saturated carbocycles. The maximum Gasteiger partial charge on any atom is 0.273 e. The third-order valence-corrected chi connectivity index (χ3v) is 4.45. The van der Waals surface area contributed by atoms with E-state index in [0.717, 1.165) is 44.0 Å². The molecule has 1 atom stereocenters. The van der Waals surface area contributed by atoms with Gasteiger partial charge in [-0.15, -0.1) is 10.2 Å². The zero-order valence-corrected chi connectivity index (χ0v) is 15.8. The van der Waals surface area contributed by atoms with Gasteiger partial charge in [0, 0.05) is 33.6 Å². The van der Waals surface area contributed by atoms with E-state index in [2.05, 4.69) is 39.1 Å².